The Morgan fingerprint density at radius 2 is 0.417 bits per heavy atom. The van der Waals surface area contributed by atoms with Crippen LogP contribution in [-0.2, 0) is 51.2 Å². The second kappa shape index (κ2) is 490. The molecule has 0 saturated carbocycles. The van der Waals surface area contributed by atoms with Crippen LogP contribution in [0.5, 0.6) is 0 Å². The van der Waals surface area contributed by atoms with Gasteiger partial charge in [0.25, 0.3) is 0 Å². The van der Waals surface area contributed by atoms with Crippen molar-refractivity contribution in [2.75, 3.05) is 0 Å². The van der Waals surface area contributed by atoms with E-state index in [1.54, 1.807) is 0 Å². The summed E-state index contributed by atoms with van der Waals surface area (Å²) >= 11 is 0. The third kappa shape index (κ3) is 380. The fourth-order valence-corrected chi connectivity index (χ4v) is 0. The van der Waals surface area contributed by atoms with Gasteiger partial charge in [0.05, 0.1) is 0 Å². The molecule has 0 aliphatic carbocycles. The molecule has 0 rings (SSSR count). The Kier molecular flexibility index (Phi) is 25300. The van der Waals surface area contributed by atoms with Crippen LogP contribution in [0.4, 0.5) is 0 Å². The normalized spacial score (nSPS) is 0. The van der Waals surface area contributed by atoms with Gasteiger partial charge in [-0.2, -0.15) is 0 Å². The first-order valence-electron chi connectivity index (χ1n) is 0. The molecule has 0 aromatic heterocycles. The molecule has 0 fully saturated rings. The minimum Gasteiger partial charge on any atom is -2.00 e. The molecule has 0 aromatic carbocycles. The molecule has 0 atom stereocenters. The average molecular weight is 252 g/mol. The molecular weight excluding hydrogens is 246 g/mol. The standard InChI is InChI=1S/2Cr.2Li.5H2O.3O/h;;;;5*1H2;;;/q2*+4;2*+1;;;;;;3*-2/p-4. The van der Waals surface area contributed by atoms with Crippen molar-refractivity contribution < 1.29 is 116 Å². The Balaban J connectivity index is 0. The first-order valence-corrected chi connectivity index (χ1v) is 0. The molecule has 0 radical (unpaired) electrons. The maximum atomic E-state index is 0. The maximum absolute atomic E-state index is 0. The van der Waals surface area contributed by atoms with E-state index in [9.17, 15) is 0 Å². The van der Waals surface area contributed by atoms with E-state index in [0.29, 0.717) is 0 Å². The van der Waals surface area contributed by atoms with Gasteiger partial charge >= 0.3 is 72.4 Å². The molecule has 0 aliphatic heterocycles. The van der Waals surface area contributed by atoms with Gasteiger partial charge in [-0.15, -0.1) is 0 Å². The van der Waals surface area contributed by atoms with Crippen LogP contribution in [0.3, 0.4) is 0 Å². The summed E-state index contributed by atoms with van der Waals surface area (Å²) in [5.41, 5.74) is 0. The third-order valence-corrected chi connectivity index (χ3v) is 0. The zero-order valence-electron chi connectivity index (χ0n) is 6.33. The van der Waals surface area contributed by atoms with E-state index in [1.165, 1.54) is 0 Å². The largest absolute Gasteiger partial charge is 4.00 e. The van der Waals surface area contributed by atoms with E-state index >= 15 is 0 Å². The summed E-state index contributed by atoms with van der Waals surface area (Å²) in [5.74, 6) is 0. The molecule has 0 spiro atoms. The first kappa shape index (κ1) is 620. The van der Waals surface area contributed by atoms with Crippen molar-refractivity contribution in [2.45, 2.75) is 0 Å². The number of rotatable bonds is 0. The Morgan fingerprint density at radius 1 is 0.417 bits per heavy atom. The average Bonchev–Trinajstić information content (AvgIpc) is 0. The summed E-state index contributed by atoms with van der Waals surface area (Å²) in [6, 6.07) is 0. The van der Waals surface area contributed by atoms with E-state index in [-0.39, 0.29) is 116 Å². The van der Waals surface area contributed by atoms with Crippen LogP contribution in [0.2, 0.25) is 0 Å². The SMILES string of the molecule is O.[Cr+4].[Cr+4].[Li+].[Li+].[O-2].[O-2].[O-2].[OH-].[OH-].[OH-].[OH-]. The van der Waals surface area contributed by atoms with Gasteiger partial charge in [-0.25, -0.2) is 0 Å². The number of hydrogen-bond acceptors (Lipinski definition) is 4. The van der Waals surface area contributed by atoms with E-state index in [2.05, 4.69) is 0 Å². The number of hydrogen-bond donors (Lipinski definition) is 0. The molecule has 68 valence electrons. The molecule has 0 aromatic rings. The predicted octanol–water partition coefficient (Wildman–Crippen LogP) is -7.89. The summed E-state index contributed by atoms with van der Waals surface area (Å²) in [5, 5.41) is 0. The van der Waals surface area contributed by atoms with Crippen LogP contribution in [0, 0.1) is 0 Å². The maximum Gasteiger partial charge on any atom is 4.00 e. The quantitative estimate of drug-likeness (QED) is 0.381. The minimum absolute atomic E-state index is 0. The van der Waals surface area contributed by atoms with Crippen molar-refractivity contribution in [2.24, 2.45) is 0 Å². The molecule has 0 saturated heterocycles. The van der Waals surface area contributed by atoms with Gasteiger partial charge in [0.15, 0.2) is 0 Å². The zero-order valence-corrected chi connectivity index (χ0v) is 8.88. The Hall–Kier alpha value is 1.94. The van der Waals surface area contributed by atoms with Crippen molar-refractivity contribution in [3.63, 3.8) is 0 Å². The van der Waals surface area contributed by atoms with E-state index in [1.807, 2.05) is 0 Å². The van der Waals surface area contributed by atoms with Gasteiger partial charge in [0, 0.05) is 0 Å². The van der Waals surface area contributed by atoms with Crippen LogP contribution in [0.25, 0.3) is 0 Å². The van der Waals surface area contributed by atoms with Crippen molar-refractivity contribution >= 4 is 0 Å². The molecular formula is H6Cr2Li2O8. The molecule has 0 unspecified atom stereocenters. The van der Waals surface area contributed by atoms with Gasteiger partial charge in [-0.1, -0.05) is 0 Å². The van der Waals surface area contributed by atoms with Crippen LogP contribution >= 0.6 is 0 Å². The van der Waals surface area contributed by atoms with Crippen molar-refractivity contribution in [3.8, 4) is 0 Å². The second-order valence-electron chi connectivity index (χ2n) is 0. The van der Waals surface area contributed by atoms with Crippen LogP contribution in [0.15, 0.2) is 0 Å². The van der Waals surface area contributed by atoms with Crippen LogP contribution in [0.1, 0.15) is 0 Å². The summed E-state index contributed by atoms with van der Waals surface area (Å²) in [6.45, 7) is 0. The molecule has 0 heterocycles. The summed E-state index contributed by atoms with van der Waals surface area (Å²) in [7, 11) is 0. The second-order valence-corrected chi connectivity index (χ2v) is 0. The van der Waals surface area contributed by atoms with Gasteiger partial charge in [0.2, 0.25) is 0 Å². The summed E-state index contributed by atoms with van der Waals surface area (Å²) in [6.07, 6.45) is 0. The molecule has 0 amide bonds. The monoisotopic (exact) mass is 252 g/mol. The predicted molar refractivity (Wildman–Crippen MR) is 13.4 cm³/mol. The molecule has 12 heavy (non-hydrogen) atoms. The van der Waals surface area contributed by atoms with Crippen molar-refractivity contribution in [1.82, 2.24) is 0 Å². The summed E-state index contributed by atoms with van der Waals surface area (Å²) < 4.78 is 0. The van der Waals surface area contributed by atoms with Crippen LogP contribution in [-0.4, -0.2) is 27.4 Å². The molecule has 0 bridgehead atoms. The van der Waals surface area contributed by atoms with E-state index in [4.69, 9.17) is 0 Å². The van der Waals surface area contributed by atoms with Gasteiger partial charge in [0.1, 0.15) is 0 Å². The fraction of sp³-hybridized carbons (Fsp3) is 0. The van der Waals surface area contributed by atoms with Crippen LogP contribution < -0.4 is 37.7 Å². The van der Waals surface area contributed by atoms with E-state index < -0.39 is 0 Å². The van der Waals surface area contributed by atoms with Crippen molar-refractivity contribution in [3.05, 3.63) is 0 Å². The molecule has 0 aliphatic rings. The van der Waals surface area contributed by atoms with Gasteiger partial charge < -0.3 is 43.8 Å². The smallest absolute Gasteiger partial charge is 2.00 e. The molecule has 8 nitrogen and oxygen atoms in total. The third-order valence-electron chi connectivity index (χ3n) is 0. The summed E-state index contributed by atoms with van der Waals surface area (Å²) in [4.78, 5) is 0. The molecule has 6 N–H and O–H groups in total. The Labute approximate surface area is 116 Å². The topological polar surface area (TPSA) is 237 Å². The van der Waals surface area contributed by atoms with Gasteiger partial charge in [-0.3, -0.25) is 0 Å². The fourth-order valence-electron chi connectivity index (χ4n) is 0. The van der Waals surface area contributed by atoms with E-state index in [0.717, 1.165) is 0 Å². The Morgan fingerprint density at radius 3 is 0.417 bits per heavy atom. The Bertz CT molecular complexity index is 15.0. The zero-order chi connectivity index (χ0) is 0. The minimum atomic E-state index is 0. The first-order chi connectivity index (χ1) is 0. The van der Waals surface area contributed by atoms with Gasteiger partial charge in [-0.05, 0) is 0 Å². The molecule has 12 heteroatoms. The van der Waals surface area contributed by atoms with Crippen molar-refractivity contribution in [1.29, 1.82) is 0 Å².